The minimum absolute atomic E-state index is 0.0161. The van der Waals surface area contributed by atoms with Crippen molar-refractivity contribution in [3.63, 3.8) is 0 Å². The van der Waals surface area contributed by atoms with Gasteiger partial charge in [0, 0.05) is 48.3 Å². The second-order valence-electron chi connectivity index (χ2n) is 6.74. The van der Waals surface area contributed by atoms with Crippen molar-refractivity contribution in [1.82, 2.24) is 14.3 Å². The third-order valence-corrected chi connectivity index (χ3v) is 5.25. The summed E-state index contributed by atoms with van der Waals surface area (Å²) < 4.78 is 15.2. The number of hydrogen-bond acceptors (Lipinski definition) is 3. The maximum atomic E-state index is 13.1. The van der Waals surface area contributed by atoms with E-state index in [1.807, 2.05) is 24.9 Å². The normalized spacial score (nSPS) is 11.4. The van der Waals surface area contributed by atoms with Gasteiger partial charge in [0.05, 0.1) is 5.69 Å². The lowest BCUT2D eigenvalue weighted by Gasteiger charge is -2.24. The van der Waals surface area contributed by atoms with E-state index in [0.29, 0.717) is 6.54 Å². The number of rotatable bonds is 7. The maximum absolute atomic E-state index is 13.1. The fraction of sp³-hybridized carbons (Fsp3) is 0.400. The summed E-state index contributed by atoms with van der Waals surface area (Å²) in [7, 11) is 0. The molecule has 4 nitrogen and oxygen atoms in total. The molecule has 0 N–H and O–H groups in total. The maximum Gasteiger partial charge on any atom is 0.225 e. The van der Waals surface area contributed by atoms with Crippen LogP contribution in [0, 0.1) is 11.7 Å². The van der Waals surface area contributed by atoms with Crippen LogP contribution in [0.15, 0.2) is 35.8 Å². The first-order chi connectivity index (χ1) is 12.5. The molecule has 2 aromatic heterocycles. The molecule has 0 atom stereocenters. The molecular weight excluding hydrogens is 349 g/mol. The Hall–Kier alpha value is -2.21. The Labute approximate surface area is 157 Å². The number of halogens is 1. The Morgan fingerprint density at radius 2 is 2.00 bits per heavy atom. The van der Waals surface area contributed by atoms with Crippen LogP contribution in [0.5, 0.6) is 0 Å². The van der Waals surface area contributed by atoms with E-state index >= 15 is 0 Å². The van der Waals surface area contributed by atoms with Crippen LogP contribution in [0.1, 0.15) is 32.9 Å². The zero-order chi connectivity index (χ0) is 18.7. The fourth-order valence-electron chi connectivity index (χ4n) is 2.99. The van der Waals surface area contributed by atoms with Gasteiger partial charge >= 0.3 is 0 Å². The van der Waals surface area contributed by atoms with Gasteiger partial charge in [-0.2, -0.15) is 0 Å². The molecular formula is C20H24FN3OS. The third kappa shape index (κ3) is 3.96. The van der Waals surface area contributed by atoms with E-state index in [1.54, 1.807) is 23.5 Å². The molecule has 138 valence electrons. The second kappa shape index (κ2) is 7.99. The van der Waals surface area contributed by atoms with E-state index in [4.69, 9.17) is 0 Å². The van der Waals surface area contributed by atoms with Crippen molar-refractivity contribution in [2.24, 2.45) is 5.92 Å². The molecule has 6 heteroatoms. The van der Waals surface area contributed by atoms with Gasteiger partial charge in [0.25, 0.3) is 0 Å². The quantitative estimate of drug-likeness (QED) is 0.605. The Bertz CT molecular complexity index is 882. The van der Waals surface area contributed by atoms with E-state index in [2.05, 4.69) is 21.7 Å². The fourth-order valence-corrected chi connectivity index (χ4v) is 3.89. The first kappa shape index (κ1) is 18.6. The minimum Gasteiger partial charge on any atom is -0.342 e. The molecule has 0 bridgehead atoms. The summed E-state index contributed by atoms with van der Waals surface area (Å²) in [6.07, 6.45) is 3.73. The molecule has 2 heterocycles. The smallest absolute Gasteiger partial charge is 0.225 e. The molecule has 0 fully saturated rings. The zero-order valence-corrected chi connectivity index (χ0v) is 16.2. The summed E-state index contributed by atoms with van der Waals surface area (Å²) in [5.41, 5.74) is 2.88. The lowest BCUT2D eigenvalue weighted by atomic mass is 10.1. The summed E-state index contributed by atoms with van der Waals surface area (Å²) in [6, 6.07) is 6.38. The largest absolute Gasteiger partial charge is 0.342 e. The highest BCUT2D eigenvalue weighted by Crippen LogP contribution is 2.24. The number of fused-ring (bicyclic) bond motifs is 1. The lowest BCUT2D eigenvalue weighted by molar-refractivity contribution is -0.134. The van der Waals surface area contributed by atoms with Crippen LogP contribution in [0.2, 0.25) is 0 Å². The Kier molecular flexibility index (Phi) is 5.71. The van der Waals surface area contributed by atoms with Crippen LogP contribution in [0.25, 0.3) is 16.2 Å². The summed E-state index contributed by atoms with van der Waals surface area (Å²) in [4.78, 5) is 19.9. The summed E-state index contributed by atoms with van der Waals surface area (Å²) in [6.45, 7) is 7.47. The van der Waals surface area contributed by atoms with Crippen LogP contribution in [0.3, 0.4) is 0 Å². The SMILES string of the molecule is CCCN(CCc1csc2nc(-c3ccc(F)cc3)cn12)C(=O)C(C)C. The van der Waals surface area contributed by atoms with Crippen molar-refractivity contribution >= 4 is 22.2 Å². The highest BCUT2D eigenvalue weighted by atomic mass is 32.1. The van der Waals surface area contributed by atoms with Crippen molar-refractivity contribution in [3.05, 3.63) is 47.4 Å². The van der Waals surface area contributed by atoms with Crippen LogP contribution in [0.4, 0.5) is 4.39 Å². The number of nitrogens with zero attached hydrogens (tertiary/aromatic N) is 3. The molecule has 3 aromatic rings. The van der Waals surface area contributed by atoms with Crippen LogP contribution >= 0.6 is 11.3 Å². The van der Waals surface area contributed by atoms with Crippen molar-refractivity contribution in [2.45, 2.75) is 33.6 Å². The van der Waals surface area contributed by atoms with Crippen LogP contribution < -0.4 is 0 Å². The molecule has 26 heavy (non-hydrogen) atoms. The Morgan fingerprint density at radius 3 is 2.65 bits per heavy atom. The third-order valence-electron chi connectivity index (χ3n) is 4.36. The number of aromatic nitrogens is 2. The topological polar surface area (TPSA) is 37.6 Å². The van der Waals surface area contributed by atoms with E-state index in [-0.39, 0.29) is 17.6 Å². The molecule has 0 spiro atoms. The molecule has 0 saturated heterocycles. The highest BCUT2D eigenvalue weighted by molar-refractivity contribution is 7.15. The molecule has 1 aromatic carbocycles. The zero-order valence-electron chi connectivity index (χ0n) is 15.4. The summed E-state index contributed by atoms with van der Waals surface area (Å²) in [5.74, 6) is -0.0281. The predicted molar refractivity (Wildman–Crippen MR) is 104 cm³/mol. The predicted octanol–water partition coefficient (Wildman–Crippen LogP) is 4.64. The molecule has 0 aliphatic heterocycles. The van der Waals surface area contributed by atoms with E-state index in [1.165, 1.54) is 12.1 Å². The molecule has 0 unspecified atom stereocenters. The molecule has 0 aliphatic carbocycles. The van der Waals surface area contributed by atoms with Gasteiger partial charge in [-0.1, -0.05) is 20.8 Å². The highest BCUT2D eigenvalue weighted by Gasteiger charge is 2.17. The van der Waals surface area contributed by atoms with Gasteiger partial charge < -0.3 is 4.90 Å². The molecule has 3 rings (SSSR count). The van der Waals surface area contributed by atoms with Crippen LogP contribution in [-0.2, 0) is 11.2 Å². The van der Waals surface area contributed by atoms with E-state index in [0.717, 1.165) is 41.3 Å². The number of thiazole rings is 1. The molecule has 0 aliphatic rings. The average Bonchev–Trinajstić information content (AvgIpc) is 3.19. The molecule has 1 amide bonds. The first-order valence-corrected chi connectivity index (χ1v) is 9.87. The van der Waals surface area contributed by atoms with Crippen LogP contribution in [-0.4, -0.2) is 33.3 Å². The van der Waals surface area contributed by atoms with E-state index < -0.39 is 0 Å². The summed E-state index contributed by atoms with van der Waals surface area (Å²) >= 11 is 1.59. The van der Waals surface area contributed by atoms with Gasteiger partial charge in [-0.3, -0.25) is 9.20 Å². The van der Waals surface area contributed by atoms with Crippen molar-refractivity contribution in [3.8, 4) is 11.3 Å². The second-order valence-corrected chi connectivity index (χ2v) is 7.58. The number of benzene rings is 1. The molecule has 0 saturated carbocycles. The van der Waals surface area contributed by atoms with Gasteiger partial charge in [-0.05, 0) is 30.7 Å². The van der Waals surface area contributed by atoms with Crippen molar-refractivity contribution in [1.29, 1.82) is 0 Å². The first-order valence-electron chi connectivity index (χ1n) is 8.99. The number of carbonyl (C=O) groups is 1. The van der Waals surface area contributed by atoms with Crippen molar-refractivity contribution < 1.29 is 9.18 Å². The summed E-state index contributed by atoms with van der Waals surface area (Å²) in [5, 5.41) is 2.10. The number of hydrogen-bond donors (Lipinski definition) is 0. The minimum atomic E-state index is -0.249. The van der Waals surface area contributed by atoms with E-state index in [9.17, 15) is 9.18 Å². The Morgan fingerprint density at radius 1 is 1.27 bits per heavy atom. The van der Waals surface area contributed by atoms with Gasteiger partial charge in [-0.25, -0.2) is 9.37 Å². The van der Waals surface area contributed by atoms with Gasteiger partial charge in [0.2, 0.25) is 5.91 Å². The van der Waals surface area contributed by atoms with Gasteiger partial charge in [-0.15, -0.1) is 11.3 Å². The van der Waals surface area contributed by atoms with Gasteiger partial charge in [0.1, 0.15) is 5.82 Å². The van der Waals surface area contributed by atoms with Crippen molar-refractivity contribution in [2.75, 3.05) is 13.1 Å². The molecule has 0 radical (unpaired) electrons. The lowest BCUT2D eigenvalue weighted by Crippen LogP contribution is -2.36. The number of carbonyl (C=O) groups excluding carboxylic acids is 1. The number of amides is 1. The standard InChI is InChI=1S/C20H24FN3OS/c1-4-10-23(19(25)14(2)3)11-9-17-13-26-20-22-18(12-24(17)20)15-5-7-16(21)8-6-15/h5-8,12-14H,4,9-11H2,1-3H3. The monoisotopic (exact) mass is 373 g/mol. The Balaban J connectivity index is 1.78. The van der Waals surface area contributed by atoms with Gasteiger partial charge in [0.15, 0.2) is 4.96 Å². The average molecular weight is 373 g/mol. The number of imidazole rings is 1.